The second-order valence-corrected chi connectivity index (χ2v) is 7.16. The number of nitrogens with one attached hydrogen (secondary N) is 2. The van der Waals surface area contributed by atoms with E-state index in [0.717, 1.165) is 0 Å². The van der Waals surface area contributed by atoms with Crippen LogP contribution < -0.4 is 24.2 Å². The number of methoxy groups -OCH3 is 3. The molecule has 0 bridgehead atoms. The van der Waals surface area contributed by atoms with Crippen LogP contribution in [0.1, 0.15) is 5.56 Å². The zero-order chi connectivity index (χ0) is 19.3. The molecule has 138 valence electrons. The topological polar surface area (TPSA) is 127 Å². The molecule has 0 spiro atoms. The first-order valence-electron chi connectivity index (χ1n) is 6.97. The van der Waals surface area contributed by atoms with Crippen LogP contribution in [0.2, 0.25) is 0 Å². The van der Waals surface area contributed by atoms with Crippen molar-refractivity contribution in [3.05, 3.63) is 28.5 Å². The van der Waals surface area contributed by atoms with Gasteiger partial charge in [0.1, 0.15) is 11.8 Å². The summed E-state index contributed by atoms with van der Waals surface area (Å²) in [6.07, 6.45) is 0. The molecular weight excluding hydrogens is 382 g/mol. The van der Waals surface area contributed by atoms with Crippen LogP contribution in [0.4, 0.5) is 10.5 Å². The molecule has 1 aromatic heterocycles. The van der Waals surface area contributed by atoms with Crippen LogP contribution in [0, 0.1) is 11.3 Å². The van der Waals surface area contributed by atoms with Crippen molar-refractivity contribution in [1.29, 1.82) is 5.26 Å². The maximum Gasteiger partial charge on any atom is 0.333 e. The lowest BCUT2D eigenvalue weighted by Crippen LogP contribution is -2.34. The van der Waals surface area contributed by atoms with Gasteiger partial charge in [-0.25, -0.2) is 17.9 Å². The van der Waals surface area contributed by atoms with Crippen molar-refractivity contribution in [2.24, 2.45) is 0 Å². The Morgan fingerprint density at radius 1 is 1.19 bits per heavy atom. The number of thiophene rings is 1. The number of benzene rings is 1. The third-order valence-corrected chi connectivity index (χ3v) is 5.38. The van der Waals surface area contributed by atoms with Crippen molar-refractivity contribution < 1.29 is 27.4 Å². The number of sulfonamides is 1. The van der Waals surface area contributed by atoms with Crippen LogP contribution in [0.15, 0.2) is 27.8 Å². The van der Waals surface area contributed by atoms with E-state index in [1.165, 1.54) is 50.2 Å². The van der Waals surface area contributed by atoms with Gasteiger partial charge in [-0.15, -0.1) is 0 Å². The number of urea groups is 1. The Balaban J connectivity index is 2.39. The van der Waals surface area contributed by atoms with Crippen molar-refractivity contribution >= 4 is 33.1 Å². The molecule has 2 N–H and O–H groups in total. The molecule has 0 saturated heterocycles. The van der Waals surface area contributed by atoms with E-state index < -0.39 is 16.1 Å². The van der Waals surface area contributed by atoms with Crippen molar-refractivity contribution in [1.82, 2.24) is 4.72 Å². The summed E-state index contributed by atoms with van der Waals surface area (Å²) in [4.78, 5) is 12.1. The minimum absolute atomic E-state index is 0.00239. The molecular formula is C15H15N3O6S2. The average Bonchev–Trinajstić information content (AvgIpc) is 3.16. The molecule has 0 saturated carbocycles. The smallest absolute Gasteiger partial charge is 0.333 e. The standard InChI is InChI=1S/C15H15N3O6S2/c1-22-11-6-9(7-16)12(14(24-3)13(11)23-2)17-15(19)18-26(20,21)10-4-5-25-8-10/h4-6,8H,1-3H3,(H2,17,18,19). The molecule has 9 nitrogen and oxygen atoms in total. The van der Waals surface area contributed by atoms with Gasteiger partial charge in [-0.2, -0.15) is 16.6 Å². The monoisotopic (exact) mass is 397 g/mol. The largest absolute Gasteiger partial charge is 0.493 e. The lowest BCUT2D eigenvalue weighted by atomic mass is 10.1. The van der Waals surface area contributed by atoms with Crippen molar-refractivity contribution in [2.45, 2.75) is 4.90 Å². The Morgan fingerprint density at radius 2 is 1.88 bits per heavy atom. The van der Waals surface area contributed by atoms with Gasteiger partial charge >= 0.3 is 6.03 Å². The van der Waals surface area contributed by atoms with Gasteiger partial charge in [-0.1, -0.05) is 0 Å². The lowest BCUT2D eigenvalue weighted by Gasteiger charge is -2.17. The maximum atomic E-state index is 12.2. The van der Waals surface area contributed by atoms with E-state index >= 15 is 0 Å². The molecule has 2 rings (SSSR count). The number of nitrogens with zero attached hydrogens (tertiary/aromatic N) is 1. The highest BCUT2D eigenvalue weighted by Gasteiger charge is 2.24. The number of ether oxygens (including phenoxy) is 3. The molecule has 0 aliphatic rings. The first-order chi connectivity index (χ1) is 12.4. The van der Waals surface area contributed by atoms with Gasteiger partial charge < -0.3 is 19.5 Å². The van der Waals surface area contributed by atoms with Crippen LogP contribution in [0.5, 0.6) is 17.2 Å². The Morgan fingerprint density at radius 3 is 2.38 bits per heavy atom. The molecule has 0 unspecified atom stereocenters. The van der Waals surface area contributed by atoms with Gasteiger partial charge in [0.2, 0.25) is 5.75 Å². The quantitative estimate of drug-likeness (QED) is 0.764. The highest BCUT2D eigenvalue weighted by atomic mass is 32.2. The Labute approximate surface area is 154 Å². The number of rotatable bonds is 6. The fourth-order valence-corrected chi connectivity index (χ4v) is 4.03. The van der Waals surface area contributed by atoms with Crippen molar-refractivity contribution in [3.63, 3.8) is 0 Å². The predicted octanol–water partition coefficient (Wildman–Crippen LogP) is 2.16. The highest BCUT2D eigenvalue weighted by Crippen LogP contribution is 2.44. The zero-order valence-corrected chi connectivity index (χ0v) is 15.7. The molecule has 2 aromatic rings. The molecule has 0 fully saturated rings. The van der Waals surface area contributed by atoms with E-state index in [0.29, 0.717) is 0 Å². The fraction of sp³-hybridized carbons (Fsp3) is 0.200. The van der Waals surface area contributed by atoms with Crippen LogP contribution in [-0.2, 0) is 10.0 Å². The van der Waals surface area contributed by atoms with Crippen molar-refractivity contribution in [2.75, 3.05) is 26.6 Å². The number of hydrogen-bond donors (Lipinski definition) is 2. The Kier molecular flexibility index (Phi) is 5.91. The number of nitriles is 1. The van der Waals surface area contributed by atoms with E-state index in [9.17, 15) is 18.5 Å². The third kappa shape index (κ3) is 3.81. The van der Waals surface area contributed by atoms with Crippen LogP contribution >= 0.6 is 11.3 Å². The predicted molar refractivity (Wildman–Crippen MR) is 94.5 cm³/mol. The summed E-state index contributed by atoms with van der Waals surface area (Å²) in [5.41, 5.74) is -0.0479. The second kappa shape index (κ2) is 7.94. The Hall–Kier alpha value is -2.97. The normalized spacial score (nSPS) is 10.5. The van der Waals surface area contributed by atoms with Gasteiger partial charge in [0.15, 0.2) is 11.5 Å². The minimum Gasteiger partial charge on any atom is -0.493 e. The summed E-state index contributed by atoms with van der Waals surface area (Å²) in [6, 6.07) is 3.53. The molecule has 0 atom stereocenters. The summed E-state index contributed by atoms with van der Waals surface area (Å²) in [5, 5.41) is 14.6. The van der Waals surface area contributed by atoms with Gasteiger partial charge in [-0.05, 0) is 11.4 Å². The molecule has 26 heavy (non-hydrogen) atoms. The summed E-state index contributed by atoms with van der Waals surface area (Å²) in [5.74, 6) is 0.384. The number of amides is 2. The molecule has 0 aliphatic heterocycles. The number of hydrogen-bond acceptors (Lipinski definition) is 8. The maximum absolute atomic E-state index is 12.2. The Bertz CT molecular complexity index is 949. The van der Waals surface area contributed by atoms with E-state index in [2.05, 4.69) is 5.32 Å². The number of carbonyl (C=O) groups excluding carboxylic acids is 1. The SMILES string of the molecule is COc1cc(C#N)c(NC(=O)NS(=O)(=O)c2ccsc2)c(OC)c1OC. The van der Waals surface area contributed by atoms with Crippen LogP contribution in [-0.4, -0.2) is 35.8 Å². The van der Waals surface area contributed by atoms with Gasteiger partial charge in [-0.3, -0.25) is 0 Å². The fourth-order valence-electron chi connectivity index (χ4n) is 2.09. The summed E-state index contributed by atoms with van der Waals surface area (Å²) in [6.45, 7) is 0. The number of carbonyl (C=O) groups is 1. The minimum atomic E-state index is -4.04. The number of anilines is 1. The first kappa shape index (κ1) is 19.4. The van der Waals surface area contributed by atoms with Crippen LogP contribution in [0.3, 0.4) is 0 Å². The molecule has 0 radical (unpaired) electrons. The van der Waals surface area contributed by atoms with Crippen molar-refractivity contribution in [3.8, 4) is 23.3 Å². The molecule has 2 amide bonds. The molecule has 1 heterocycles. The lowest BCUT2D eigenvalue weighted by molar-refractivity contribution is 0.256. The van der Waals surface area contributed by atoms with E-state index in [1.54, 1.807) is 5.38 Å². The first-order valence-corrected chi connectivity index (χ1v) is 9.39. The van der Waals surface area contributed by atoms with E-state index in [-0.39, 0.29) is 33.4 Å². The molecule has 0 aliphatic carbocycles. The summed E-state index contributed by atoms with van der Waals surface area (Å²) in [7, 11) is 0.0130. The van der Waals surface area contributed by atoms with E-state index in [1.807, 2.05) is 10.8 Å². The third-order valence-electron chi connectivity index (χ3n) is 3.22. The second-order valence-electron chi connectivity index (χ2n) is 4.70. The zero-order valence-electron chi connectivity index (χ0n) is 14.0. The van der Waals surface area contributed by atoms with Gasteiger partial charge in [0.25, 0.3) is 10.0 Å². The summed E-state index contributed by atoms with van der Waals surface area (Å²) < 4.78 is 41.6. The average molecular weight is 397 g/mol. The van der Waals surface area contributed by atoms with Gasteiger partial charge in [0, 0.05) is 11.4 Å². The van der Waals surface area contributed by atoms with Crippen LogP contribution in [0.25, 0.3) is 0 Å². The van der Waals surface area contributed by atoms with E-state index in [4.69, 9.17) is 14.2 Å². The molecule has 11 heteroatoms. The van der Waals surface area contributed by atoms with Gasteiger partial charge in [0.05, 0.1) is 31.8 Å². The summed E-state index contributed by atoms with van der Waals surface area (Å²) >= 11 is 1.17. The molecule has 1 aromatic carbocycles. The highest BCUT2D eigenvalue weighted by molar-refractivity contribution is 7.90.